The van der Waals surface area contributed by atoms with Crippen molar-refractivity contribution in [1.29, 1.82) is 0 Å². The Labute approximate surface area is 122 Å². The molecule has 0 radical (unpaired) electrons. The van der Waals surface area contributed by atoms with Gasteiger partial charge in [0.05, 0.1) is 5.92 Å². The van der Waals surface area contributed by atoms with Crippen molar-refractivity contribution in [3.8, 4) is 0 Å². The molecular formula is C12H22N2O3S2. The first-order valence-electron chi connectivity index (χ1n) is 6.49. The molecule has 1 rings (SSSR count). The Hall–Kier alpha value is -0.560. The highest BCUT2D eigenvalue weighted by atomic mass is 32.2. The average molecular weight is 306 g/mol. The third kappa shape index (κ3) is 5.95. The lowest BCUT2D eigenvalue weighted by Crippen LogP contribution is -2.45. The summed E-state index contributed by atoms with van der Waals surface area (Å²) >= 11 is 3.82. The largest absolute Gasteiger partial charge is 0.481 e. The van der Waals surface area contributed by atoms with Crippen molar-refractivity contribution in [1.82, 2.24) is 10.2 Å². The number of aliphatic carboxylic acids is 1. The Morgan fingerprint density at radius 2 is 2.21 bits per heavy atom. The summed E-state index contributed by atoms with van der Waals surface area (Å²) in [5.41, 5.74) is 0. The minimum Gasteiger partial charge on any atom is -0.481 e. The van der Waals surface area contributed by atoms with Crippen LogP contribution in [-0.4, -0.2) is 64.1 Å². The van der Waals surface area contributed by atoms with Crippen molar-refractivity contribution in [3.63, 3.8) is 0 Å². The molecule has 2 amide bonds. The van der Waals surface area contributed by atoms with E-state index in [1.54, 1.807) is 11.8 Å². The molecule has 1 saturated heterocycles. The molecule has 0 aromatic heterocycles. The van der Waals surface area contributed by atoms with E-state index in [0.29, 0.717) is 18.3 Å². The van der Waals surface area contributed by atoms with E-state index in [2.05, 4.69) is 5.32 Å². The van der Waals surface area contributed by atoms with Crippen LogP contribution in [-0.2, 0) is 4.79 Å². The van der Waals surface area contributed by atoms with E-state index in [1.165, 1.54) is 5.75 Å². The van der Waals surface area contributed by atoms with E-state index in [4.69, 9.17) is 5.11 Å². The number of urea groups is 1. The predicted molar refractivity (Wildman–Crippen MR) is 81.0 cm³/mol. The molecule has 2 unspecified atom stereocenters. The normalized spacial score (nSPS) is 20.6. The van der Waals surface area contributed by atoms with E-state index in [9.17, 15) is 9.59 Å². The van der Waals surface area contributed by atoms with Crippen LogP contribution in [0.1, 0.15) is 13.8 Å². The Kier molecular flexibility index (Phi) is 7.45. The van der Waals surface area contributed by atoms with Gasteiger partial charge in [-0.25, -0.2) is 4.79 Å². The second kappa shape index (κ2) is 8.58. The van der Waals surface area contributed by atoms with Crippen molar-refractivity contribution < 1.29 is 14.7 Å². The van der Waals surface area contributed by atoms with Gasteiger partial charge in [0.1, 0.15) is 0 Å². The maximum absolute atomic E-state index is 12.0. The van der Waals surface area contributed by atoms with Gasteiger partial charge in [-0.3, -0.25) is 4.79 Å². The topological polar surface area (TPSA) is 69.6 Å². The lowest BCUT2D eigenvalue weighted by molar-refractivity contribution is -0.141. The number of rotatable bonds is 6. The summed E-state index contributed by atoms with van der Waals surface area (Å²) < 4.78 is 0. The SMILES string of the molecule is CCN(CC(C)C(=O)O)C(=O)NCC1CSCCS1. The Balaban J connectivity index is 2.34. The fourth-order valence-corrected chi connectivity index (χ4v) is 4.34. The maximum atomic E-state index is 12.0. The number of carboxylic acids is 1. The maximum Gasteiger partial charge on any atom is 0.317 e. The molecule has 1 fully saturated rings. The summed E-state index contributed by atoms with van der Waals surface area (Å²) in [6, 6.07) is -0.160. The van der Waals surface area contributed by atoms with Gasteiger partial charge in [0.2, 0.25) is 0 Å². The monoisotopic (exact) mass is 306 g/mol. The summed E-state index contributed by atoms with van der Waals surface area (Å²) in [5.74, 6) is 1.99. The molecule has 1 aliphatic rings. The summed E-state index contributed by atoms with van der Waals surface area (Å²) in [5, 5.41) is 12.3. The van der Waals surface area contributed by atoms with Gasteiger partial charge in [-0.1, -0.05) is 6.92 Å². The third-order valence-corrected chi connectivity index (χ3v) is 5.80. The highest BCUT2D eigenvalue weighted by molar-refractivity contribution is 8.06. The number of carbonyl (C=O) groups is 2. The first kappa shape index (κ1) is 16.5. The molecule has 0 bridgehead atoms. The second-order valence-corrected chi connectivity index (χ2v) is 7.09. The Morgan fingerprint density at radius 1 is 1.47 bits per heavy atom. The number of thioether (sulfide) groups is 2. The van der Waals surface area contributed by atoms with Gasteiger partial charge in [-0.15, -0.1) is 0 Å². The standard InChI is InChI=1S/C12H22N2O3S2/c1-3-14(7-9(2)11(15)16)12(17)13-6-10-8-18-4-5-19-10/h9-10H,3-8H2,1-2H3,(H,13,17)(H,15,16). The van der Waals surface area contributed by atoms with Gasteiger partial charge in [0.25, 0.3) is 0 Å². The van der Waals surface area contributed by atoms with E-state index >= 15 is 0 Å². The summed E-state index contributed by atoms with van der Waals surface area (Å²) in [6.45, 7) is 4.92. The molecule has 2 N–H and O–H groups in total. The number of carboxylic acid groups (broad SMARTS) is 1. The van der Waals surface area contributed by atoms with Crippen LogP contribution in [0.25, 0.3) is 0 Å². The molecular weight excluding hydrogens is 284 g/mol. The van der Waals surface area contributed by atoms with Gasteiger partial charge in [0.15, 0.2) is 0 Å². The second-order valence-electron chi connectivity index (χ2n) is 4.53. The highest BCUT2D eigenvalue weighted by Gasteiger charge is 2.20. The van der Waals surface area contributed by atoms with Crippen molar-refractivity contribution in [2.75, 3.05) is 36.9 Å². The smallest absolute Gasteiger partial charge is 0.317 e. The van der Waals surface area contributed by atoms with Crippen molar-refractivity contribution in [2.24, 2.45) is 5.92 Å². The van der Waals surface area contributed by atoms with Gasteiger partial charge in [-0.05, 0) is 6.92 Å². The zero-order valence-corrected chi connectivity index (χ0v) is 13.1. The molecule has 0 spiro atoms. The quantitative estimate of drug-likeness (QED) is 0.780. The number of nitrogens with one attached hydrogen (secondary N) is 1. The van der Waals surface area contributed by atoms with Crippen LogP contribution in [0, 0.1) is 5.92 Å². The first-order chi connectivity index (χ1) is 9.04. The molecule has 5 nitrogen and oxygen atoms in total. The predicted octanol–water partition coefficient (Wildman–Crippen LogP) is 1.59. The fraction of sp³-hybridized carbons (Fsp3) is 0.833. The van der Waals surface area contributed by atoms with Crippen LogP contribution in [0.5, 0.6) is 0 Å². The molecule has 110 valence electrons. The van der Waals surface area contributed by atoms with Gasteiger partial charge in [-0.2, -0.15) is 23.5 Å². The molecule has 0 aromatic rings. The number of nitrogens with zero attached hydrogens (tertiary/aromatic N) is 1. The van der Waals surface area contributed by atoms with Crippen molar-refractivity contribution >= 4 is 35.5 Å². The molecule has 1 aliphatic heterocycles. The Morgan fingerprint density at radius 3 is 2.74 bits per heavy atom. The van der Waals surface area contributed by atoms with Crippen molar-refractivity contribution in [2.45, 2.75) is 19.1 Å². The lowest BCUT2D eigenvalue weighted by atomic mass is 10.2. The van der Waals surface area contributed by atoms with Crippen LogP contribution in [0.4, 0.5) is 4.79 Å². The summed E-state index contributed by atoms with van der Waals surface area (Å²) in [4.78, 5) is 24.3. The van der Waals surface area contributed by atoms with E-state index in [1.807, 2.05) is 30.4 Å². The number of amides is 2. The van der Waals surface area contributed by atoms with E-state index < -0.39 is 11.9 Å². The Bertz CT molecular complexity index is 309. The van der Waals surface area contributed by atoms with E-state index in [-0.39, 0.29) is 12.6 Å². The average Bonchev–Trinajstić information content (AvgIpc) is 2.42. The van der Waals surface area contributed by atoms with Gasteiger partial charge >= 0.3 is 12.0 Å². The molecule has 2 atom stereocenters. The molecule has 7 heteroatoms. The molecule has 0 aliphatic carbocycles. The van der Waals surface area contributed by atoms with Crippen LogP contribution in [0.2, 0.25) is 0 Å². The van der Waals surface area contributed by atoms with Crippen molar-refractivity contribution in [3.05, 3.63) is 0 Å². The zero-order chi connectivity index (χ0) is 14.3. The zero-order valence-electron chi connectivity index (χ0n) is 11.4. The van der Waals surface area contributed by atoms with Gasteiger partial charge < -0.3 is 15.3 Å². The summed E-state index contributed by atoms with van der Waals surface area (Å²) in [6.07, 6.45) is 0. The number of hydrogen-bond acceptors (Lipinski definition) is 4. The van der Waals surface area contributed by atoms with Gasteiger partial charge in [0, 0.05) is 42.1 Å². The van der Waals surface area contributed by atoms with Crippen LogP contribution in [0.15, 0.2) is 0 Å². The lowest BCUT2D eigenvalue weighted by Gasteiger charge is -2.26. The molecule has 19 heavy (non-hydrogen) atoms. The first-order valence-corrected chi connectivity index (χ1v) is 8.69. The fourth-order valence-electron chi connectivity index (χ4n) is 1.73. The summed E-state index contributed by atoms with van der Waals surface area (Å²) in [7, 11) is 0. The van der Waals surface area contributed by atoms with E-state index in [0.717, 1.165) is 11.5 Å². The highest BCUT2D eigenvalue weighted by Crippen LogP contribution is 2.23. The van der Waals surface area contributed by atoms with Crippen LogP contribution >= 0.6 is 23.5 Å². The molecule has 1 heterocycles. The van der Waals surface area contributed by atoms with Crippen LogP contribution < -0.4 is 5.32 Å². The number of carbonyl (C=O) groups excluding carboxylic acids is 1. The molecule has 0 saturated carbocycles. The minimum atomic E-state index is -0.870. The minimum absolute atomic E-state index is 0.160. The van der Waals surface area contributed by atoms with Crippen LogP contribution in [0.3, 0.4) is 0 Å². The third-order valence-electron chi connectivity index (χ3n) is 2.95. The number of hydrogen-bond donors (Lipinski definition) is 2. The molecule has 0 aromatic carbocycles.